The maximum Gasteiger partial charge on any atom is 0.339 e. The molecule has 2 aromatic heterocycles. The van der Waals surface area contributed by atoms with Gasteiger partial charge in [0.25, 0.3) is 5.56 Å². The minimum Gasteiger partial charge on any atom is -0.462 e. The highest BCUT2D eigenvalue weighted by Gasteiger charge is 2.29. The third kappa shape index (κ3) is 3.35. The van der Waals surface area contributed by atoms with Crippen molar-refractivity contribution >= 4 is 17.0 Å². The van der Waals surface area contributed by atoms with Crippen molar-refractivity contribution in [1.29, 1.82) is 0 Å². The fourth-order valence-electron chi connectivity index (χ4n) is 3.39. The molecule has 0 aliphatic heterocycles. The number of rotatable bonds is 5. The molecule has 7 nitrogen and oxygen atoms in total. The Bertz CT molecular complexity index is 1240. The van der Waals surface area contributed by atoms with E-state index in [1.165, 1.54) is 29.8 Å². The van der Waals surface area contributed by atoms with Gasteiger partial charge in [-0.05, 0) is 31.9 Å². The molecule has 0 spiro atoms. The Balaban J connectivity index is 2.00. The summed E-state index contributed by atoms with van der Waals surface area (Å²) in [6.07, 6.45) is 1.89. The van der Waals surface area contributed by atoms with Crippen LogP contribution in [0.3, 0.4) is 0 Å². The largest absolute Gasteiger partial charge is 0.462 e. The van der Waals surface area contributed by atoms with Gasteiger partial charge in [0, 0.05) is 24.2 Å². The molecule has 0 unspecified atom stereocenters. The van der Waals surface area contributed by atoms with Crippen LogP contribution in [0.5, 0.6) is 0 Å². The summed E-state index contributed by atoms with van der Waals surface area (Å²) in [5.41, 5.74) is -0.225. The van der Waals surface area contributed by atoms with Gasteiger partial charge in [0.2, 0.25) is 0 Å². The lowest BCUT2D eigenvalue weighted by atomic mass is 10.1. The number of hydrogen-bond donors (Lipinski definition) is 0. The molecular weight excluding hydrogens is 377 g/mol. The highest BCUT2D eigenvalue weighted by molar-refractivity contribution is 6.02. The van der Waals surface area contributed by atoms with Crippen LogP contribution in [0, 0.1) is 5.82 Å². The maximum absolute atomic E-state index is 14.1. The van der Waals surface area contributed by atoms with E-state index in [0.717, 1.165) is 17.4 Å². The molecular formula is C21H20FN3O4. The fraction of sp³-hybridized carbons (Fsp3) is 0.333. The lowest BCUT2D eigenvalue weighted by molar-refractivity contribution is 0.0528. The van der Waals surface area contributed by atoms with Crippen molar-refractivity contribution in [2.75, 3.05) is 6.61 Å². The molecule has 0 N–H and O–H groups in total. The van der Waals surface area contributed by atoms with Crippen LogP contribution < -0.4 is 11.2 Å². The van der Waals surface area contributed by atoms with E-state index in [-0.39, 0.29) is 41.2 Å². The van der Waals surface area contributed by atoms with Gasteiger partial charge in [-0.2, -0.15) is 0 Å². The number of aromatic nitrogens is 3. The Labute approximate surface area is 165 Å². The molecule has 0 saturated heterocycles. The van der Waals surface area contributed by atoms with Crippen molar-refractivity contribution < 1.29 is 13.9 Å². The van der Waals surface area contributed by atoms with Crippen molar-refractivity contribution in [2.24, 2.45) is 7.05 Å². The number of esters is 1. The van der Waals surface area contributed by atoms with Crippen molar-refractivity contribution in [3.8, 4) is 0 Å². The summed E-state index contributed by atoms with van der Waals surface area (Å²) < 4.78 is 21.4. The molecule has 29 heavy (non-hydrogen) atoms. The summed E-state index contributed by atoms with van der Waals surface area (Å²) >= 11 is 0. The van der Waals surface area contributed by atoms with E-state index in [9.17, 15) is 18.8 Å². The summed E-state index contributed by atoms with van der Waals surface area (Å²) in [6, 6.07) is 7.51. The third-order valence-electron chi connectivity index (χ3n) is 5.09. The molecule has 0 amide bonds. The fourth-order valence-corrected chi connectivity index (χ4v) is 3.39. The van der Waals surface area contributed by atoms with Crippen LogP contribution in [-0.2, 0) is 18.3 Å². The van der Waals surface area contributed by atoms with Crippen LogP contribution in [0.2, 0.25) is 0 Å². The molecule has 0 radical (unpaired) electrons. The predicted octanol–water partition coefficient (Wildman–Crippen LogP) is 2.34. The molecule has 1 aromatic carbocycles. The molecule has 0 atom stereocenters. The van der Waals surface area contributed by atoms with Gasteiger partial charge in [-0.3, -0.25) is 13.9 Å². The zero-order chi connectivity index (χ0) is 20.7. The number of hydrogen-bond acceptors (Lipinski definition) is 5. The quantitative estimate of drug-likeness (QED) is 0.617. The van der Waals surface area contributed by atoms with Crippen LogP contribution in [-0.4, -0.2) is 26.7 Å². The third-order valence-corrected chi connectivity index (χ3v) is 5.09. The molecule has 4 rings (SSSR count). The number of carbonyl (C=O) groups is 1. The Morgan fingerprint density at radius 2 is 2.00 bits per heavy atom. The van der Waals surface area contributed by atoms with Crippen LogP contribution in [0.1, 0.15) is 47.3 Å². The van der Waals surface area contributed by atoms with Crippen molar-refractivity contribution in [3.63, 3.8) is 0 Å². The first kappa shape index (κ1) is 19.0. The summed E-state index contributed by atoms with van der Waals surface area (Å²) in [4.78, 5) is 43.2. The van der Waals surface area contributed by atoms with Crippen LogP contribution >= 0.6 is 0 Å². The van der Waals surface area contributed by atoms with Gasteiger partial charge in [0.1, 0.15) is 11.5 Å². The van der Waals surface area contributed by atoms with Crippen LogP contribution in [0.4, 0.5) is 4.39 Å². The molecule has 1 aliphatic carbocycles. The molecule has 3 aromatic rings. The van der Waals surface area contributed by atoms with Gasteiger partial charge in [-0.15, -0.1) is 0 Å². The van der Waals surface area contributed by atoms with Gasteiger partial charge in [0.05, 0.1) is 24.1 Å². The number of carbonyl (C=O) groups excluding carboxylic acids is 1. The summed E-state index contributed by atoms with van der Waals surface area (Å²) in [5, 5.41) is 0.00582. The second kappa shape index (κ2) is 7.27. The molecule has 1 saturated carbocycles. The minimum atomic E-state index is -0.691. The normalized spacial score (nSPS) is 13.6. The highest BCUT2D eigenvalue weighted by Crippen LogP contribution is 2.39. The topological polar surface area (TPSA) is 83.2 Å². The van der Waals surface area contributed by atoms with E-state index < -0.39 is 23.0 Å². The first-order valence-electron chi connectivity index (χ1n) is 9.47. The van der Waals surface area contributed by atoms with Gasteiger partial charge >= 0.3 is 11.7 Å². The lowest BCUT2D eigenvalue weighted by Crippen LogP contribution is -2.40. The lowest BCUT2D eigenvalue weighted by Gasteiger charge is -2.14. The van der Waals surface area contributed by atoms with E-state index in [1.807, 2.05) is 0 Å². The minimum absolute atomic E-state index is 0.00582. The predicted molar refractivity (Wildman–Crippen MR) is 105 cm³/mol. The average molecular weight is 397 g/mol. The number of halogens is 1. The summed E-state index contributed by atoms with van der Waals surface area (Å²) in [7, 11) is 1.49. The van der Waals surface area contributed by atoms with E-state index in [2.05, 4.69) is 4.98 Å². The van der Waals surface area contributed by atoms with Crippen molar-refractivity contribution in [3.05, 3.63) is 73.8 Å². The van der Waals surface area contributed by atoms with E-state index in [1.54, 1.807) is 19.1 Å². The second-order valence-corrected chi connectivity index (χ2v) is 7.11. The first-order valence-corrected chi connectivity index (χ1v) is 9.47. The van der Waals surface area contributed by atoms with Gasteiger partial charge in [0.15, 0.2) is 0 Å². The molecule has 150 valence electrons. The highest BCUT2D eigenvalue weighted by atomic mass is 19.1. The number of fused-ring (bicyclic) bond motifs is 1. The molecule has 0 bridgehead atoms. The van der Waals surface area contributed by atoms with E-state index in [0.29, 0.717) is 5.69 Å². The van der Waals surface area contributed by atoms with E-state index in [4.69, 9.17) is 4.74 Å². The smallest absolute Gasteiger partial charge is 0.339 e. The molecule has 2 heterocycles. The number of aryl methyl sites for hydroxylation is 1. The van der Waals surface area contributed by atoms with Crippen LogP contribution in [0.15, 0.2) is 39.9 Å². The molecule has 8 heteroatoms. The summed E-state index contributed by atoms with van der Waals surface area (Å²) in [5.74, 6) is -0.951. The molecule has 1 fully saturated rings. The Morgan fingerprint density at radius 1 is 1.28 bits per heavy atom. The van der Waals surface area contributed by atoms with Crippen LogP contribution in [0.25, 0.3) is 11.0 Å². The average Bonchev–Trinajstić information content (AvgIpc) is 3.55. The van der Waals surface area contributed by atoms with E-state index >= 15 is 0 Å². The first-order chi connectivity index (χ1) is 13.9. The van der Waals surface area contributed by atoms with Gasteiger partial charge < -0.3 is 4.74 Å². The van der Waals surface area contributed by atoms with Crippen molar-refractivity contribution in [1.82, 2.24) is 14.1 Å². The summed E-state index contributed by atoms with van der Waals surface area (Å²) in [6.45, 7) is 1.58. The van der Waals surface area contributed by atoms with Gasteiger partial charge in [-0.25, -0.2) is 19.0 Å². The van der Waals surface area contributed by atoms with Crippen molar-refractivity contribution in [2.45, 2.75) is 32.2 Å². The number of nitrogens with zero attached hydrogens (tertiary/aromatic N) is 3. The molecule has 1 aliphatic rings. The monoisotopic (exact) mass is 397 g/mol. The Hall–Kier alpha value is -3.29. The van der Waals surface area contributed by atoms with Gasteiger partial charge in [-0.1, -0.05) is 18.2 Å². The zero-order valence-corrected chi connectivity index (χ0v) is 16.1. The Morgan fingerprint density at radius 3 is 2.66 bits per heavy atom. The number of benzene rings is 1. The number of pyridine rings is 1. The maximum atomic E-state index is 14.1. The standard InChI is InChI=1S/C21H20FN3O4/c1-3-29-20(27)14-10-16(12-8-9-12)23-18-17(14)19(26)25(21(28)24(18)2)11-13-6-4-5-7-15(13)22/h4-7,10,12H,3,8-9,11H2,1-2H3. The number of ether oxygens (including phenoxy) is 1. The Kier molecular flexibility index (Phi) is 4.77. The SMILES string of the molecule is CCOC(=O)c1cc(C2CC2)nc2c1c(=O)n(Cc1ccccc1F)c(=O)n2C. The second-order valence-electron chi connectivity index (χ2n) is 7.11. The zero-order valence-electron chi connectivity index (χ0n) is 16.1.